The number of likely N-dealkylation sites (tertiary alicyclic amines) is 1. The van der Waals surface area contributed by atoms with E-state index in [1.807, 2.05) is 18.6 Å². The first kappa shape index (κ1) is 20.5. The SMILES string of the molecule is C[C@@H](Nc1ncc2c(-c3ccc4ncc(CC5CCN(C)CC5)nc4c3)c[nH]c2n1)C1CC1. The van der Waals surface area contributed by atoms with E-state index in [-0.39, 0.29) is 0 Å². The van der Waals surface area contributed by atoms with Crippen LogP contribution in [0.4, 0.5) is 5.95 Å². The van der Waals surface area contributed by atoms with Crippen LogP contribution < -0.4 is 5.32 Å². The second kappa shape index (κ2) is 8.37. The zero-order chi connectivity index (χ0) is 22.4. The second-order valence-electron chi connectivity index (χ2n) is 9.94. The lowest BCUT2D eigenvalue weighted by atomic mass is 9.92. The zero-order valence-electron chi connectivity index (χ0n) is 19.4. The molecule has 1 aromatic carbocycles. The van der Waals surface area contributed by atoms with Gasteiger partial charge < -0.3 is 15.2 Å². The molecule has 2 fully saturated rings. The number of aromatic amines is 1. The molecule has 7 nitrogen and oxygen atoms in total. The number of anilines is 1. The van der Waals surface area contributed by atoms with Crippen molar-refractivity contribution in [3.05, 3.63) is 42.5 Å². The van der Waals surface area contributed by atoms with Gasteiger partial charge in [-0.3, -0.25) is 4.98 Å². The number of H-pyrrole nitrogens is 1. The Morgan fingerprint density at radius 1 is 1.06 bits per heavy atom. The number of aromatic nitrogens is 5. The maximum atomic E-state index is 4.98. The van der Waals surface area contributed by atoms with Crippen molar-refractivity contribution in [1.29, 1.82) is 0 Å². The first-order valence-electron chi connectivity index (χ1n) is 12.2. The highest BCUT2D eigenvalue weighted by Crippen LogP contribution is 2.34. The Morgan fingerprint density at radius 3 is 2.73 bits per heavy atom. The van der Waals surface area contributed by atoms with Crippen LogP contribution in [-0.4, -0.2) is 56.0 Å². The fraction of sp³-hybridized carbons (Fsp3) is 0.462. The summed E-state index contributed by atoms with van der Waals surface area (Å²) in [5, 5.41) is 4.47. The molecule has 6 rings (SSSR count). The molecule has 2 N–H and O–H groups in total. The first-order chi connectivity index (χ1) is 16.1. The molecule has 1 aliphatic carbocycles. The van der Waals surface area contributed by atoms with Gasteiger partial charge in [0.2, 0.25) is 5.95 Å². The van der Waals surface area contributed by atoms with Crippen LogP contribution in [-0.2, 0) is 6.42 Å². The Hall–Kier alpha value is -3.06. The second-order valence-corrected chi connectivity index (χ2v) is 9.94. The van der Waals surface area contributed by atoms with Gasteiger partial charge in [0.1, 0.15) is 5.65 Å². The van der Waals surface area contributed by atoms with E-state index < -0.39 is 0 Å². The molecule has 1 aliphatic heterocycles. The topological polar surface area (TPSA) is 82.6 Å². The van der Waals surface area contributed by atoms with Gasteiger partial charge in [-0.15, -0.1) is 0 Å². The molecule has 4 heterocycles. The lowest BCUT2D eigenvalue weighted by Gasteiger charge is -2.28. The first-order valence-corrected chi connectivity index (χ1v) is 12.2. The standard InChI is InChI=1S/C26H31N7/c1-16(18-3-4-18)30-26-29-15-22-21(14-28-25(22)32-26)19-5-6-23-24(12-19)31-20(13-27-23)11-17-7-9-33(2)10-8-17/h5-6,12-18H,3-4,7-11H2,1-2H3,(H2,28,29,30,32)/t16-/m1/s1. The van der Waals surface area contributed by atoms with Crippen molar-refractivity contribution in [3.8, 4) is 11.1 Å². The molecule has 7 heteroatoms. The molecule has 0 amide bonds. The van der Waals surface area contributed by atoms with Crippen LogP contribution in [0.15, 0.2) is 36.8 Å². The van der Waals surface area contributed by atoms with Crippen molar-refractivity contribution in [2.75, 3.05) is 25.5 Å². The Morgan fingerprint density at radius 2 is 1.91 bits per heavy atom. The number of nitrogens with zero attached hydrogens (tertiary/aromatic N) is 5. The Balaban J connectivity index is 1.26. The van der Waals surface area contributed by atoms with Gasteiger partial charge in [-0.2, -0.15) is 4.98 Å². The highest BCUT2D eigenvalue weighted by Gasteiger charge is 2.28. The van der Waals surface area contributed by atoms with E-state index in [1.165, 1.54) is 38.8 Å². The van der Waals surface area contributed by atoms with Crippen LogP contribution in [0.3, 0.4) is 0 Å². The summed E-state index contributed by atoms with van der Waals surface area (Å²) in [5.41, 5.74) is 6.03. The summed E-state index contributed by atoms with van der Waals surface area (Å²) < 4.78 is 0. The monoisotopic (exact) mass is 441 g/mol. The molecule has 0 spiro atoms. The summed E-state index contributed by atoms with van der Waals surface area (Å²) in [6, 6.07) is 6.73. The molecular formula is C26H31N7. The lowest BCUT2D eigenvalue weighted by molar-refractivity contribution is 0.218. The normalized spacial score (nSPS) is 18.7. The Kier molecular flexibility index (Phi) is 5.21. The van der Waals surface area contributed by atoms with Gasteiger partial charge in [0.15, 0.2) is 0 Å². The smallest absolute Gasteiger partial charge is 0.224 e. The van der Waals surface area contributed by atoms with E-state index in [4.69, 9.17) is 15.0 Å². The average Bonchev–Trinajstić information content (AvgIpc) is 3.60. The molecule has 0 bridgehead atoms. The van der Waals surface area contributed by atoms with Crippen LogP contribution in [0, 0.1) is 11.8 Å². The lowest BCUT2D eigenvalue weighted by Crippen LogP contribution is -2.31. The van der Waals surface area contributed by atoms with Gasteiger partial charge in [-0.05, 0) is 88.7 Å². The number of rotatable bonds is 6. The van der Waals surface area contributed by atoms with E-state index in [0.717, 1.165) is 51.2 Å². The van der Waals surface area contributed by atoms with E-state index in [0.29, 0.717) is 17.9 Å². The molecule has 1 saturated heterocycles. The predicted octanol–water partition coefficient (Wildman–Crippen LogP) is 4.66. The molecule has 4 aromatic rings. The fourth-order valence-electron chi connectivity index (χ4n) is 5.01. The predicted molar refractivity (Wildman–Crippen MR) is 132 cm³/mol. The van der Waals surface area contributed by atoms with Gasteiger partial charge in [0.05, 0.1) is 16.7 Å². The summed E-state index contributed by atoms with van der Waals surface area (Å²) in [6.07, 6.45) is 12.0. The van der Waals surface area contributed by atoms with Crippen molar-refractivity contribution in [2.24, 2.45) is 11.8 Å². The third-order valence-electron chi connectivity index (χ3n) is 7.36. The van der Waals surface area contributed by atoms with Gasteiger partial charge in [0.25, 0.3) is 0 Å². The van der Waals surface area contributed by atoms with Crippen molar-refractivity contribution < 1.29 is 0 Å². The largest absolute Gasteiger partial charge is 0.351 e. The molecule has 170 valence electrons. The van der Waals surface area contributed by atoms with Gasteiger partial charge in [0, 0.05) is 35.6 Å². The fourth-order valence-corrected chi connectivity index (χ4v) is 5.01. The minimum atomic E-state index is 0.416. The van der Waals surface area contributed by atoms with Crippen molar-refractivity contribution in [3.63, 3.8) is 0 Å². The Bertz CT molecular complexity index is 1280. The molecule has 0 unspecified atom stereocenters. The van der Waals surface area contributed by atoms with Crippen molar-refractivity contribution >= 4 is 28.0 Å². The minimum absolute atomic E-state index is 0.416. The average molecular weight is 442 g/mol. The maximum absolute atomic E-state index is 4.98. The number of hydrogen-bond donors (Lipinski definition) is 2. The summed E-state index contributed by atoms with van der Waals surface area (Å²) in [4.78, 5) is 24.7. The third kappa shape index (κ3) is 4.29. The summed E-state index contributed by atoms with van der Waals surface area (Å²) in [5.74, 6) is 2.15. The third-order valence-corrected chi connectivity index (χ3v) is 7.36. The molecule has 0 radical (unpaired) electrons. The quantitative estimate of drug-likeness (QED) is 0.453. The van der Waals surface area contributed by atoms with Crippen LogP contribution in [0.2, 0.25) is 0 Å². The highest BCUT2D eigenvalue weighted by atomic mass is 15.1. The number of benzene rings is 1. The molecule has 3 aromatic heterocycles. The summed E-state index contributed by atoms with van der Waals surface area (Å²) in [6.45, 7) is 4.56. The van der Waals surface area contributed by atoms with E-state index in [1.54, 1.807) is 0 Å². The highest BCUT2D eigenvalue weighted by molar-refractivity contribution is 5.95. The maximum Gasteiger partial charge on any atom is 0.224 e. The van der Waals surface area contributed by atoms with Crippen LogP contribution in [0.25, 0.3) is 33.2 Å². The van der Waals surface area contributed by atoms with E-state index in [2.05, 4.69) is 52.4 Å². The molecule has 2 aliphatic rings. The molecule has 33 heavy (non-hydrogen) atoms. The number of piperidine rings is 1. The van der Waals surface area contributed by atoms with Crippen LogP contribution in [0.5, 0.6) is 0 Å². The number of hydrogen-bond acceptors (Lipinski definition) is 6. The Labute approximate surface area is 194 Å². The van der Waals surface area contributed by atoms with Gasteiger partial charge in [-0.25, -0.2) is 9.97 Å². The summed E-state index contributed by atoms with van der Waals surface area (Å²) >= 11 is 0. The van der Waals surface area contributed by atoms with Crippen molar-refractivity contribution in [2.45, 2.75) is 45.1 Å². The molecule has 1 atom stereocenters. The summed E-state index contributed by atoms with van der Waals surface area (Å²) in [7, 11) is 2.20. The number of nitrogens with one attached hydrogen (secondary N) is 2. The number of fused-ring (bicyclic) bond motifs is 2. The zero-order valence-corrected chi connectivity index (χ0v) is 19.4. The van der Waals surface area contributed by atoms with Gasteiger partial charge >= 0.3 is 0 Å². The molecular weight excluding hydrogens is 410 g/mol. The molecule has 1 saturated carbocycles. The van der Waals surface area contributed by atoms with E-state index in [9.17, 15) is 0 Å². The van der Waals surface area contributed by atoms with Crippen molar-refractivity contribution in [1.82, 2.24) is 29.8 Å². The van der Waals surface area contributed by atoms with E-state index >= 15 is 0 Å². The minimum Gasteiger partial charge on any atom is -0.351 e. The van der Waals surface area contributed by atoms with Crippen LogP contribution >= 0.6 is 0 Å². The van der Waals surface area contributed by atoms with Crippen LogP contribution in [0.1, 0.15) is 38.3 Å². The van der Waals surface area contributed by atoms with Gasteiger partial charge in [-0.1, -0.05) is 6.07 Å².